The maximum absolute atomic E-state index is 13.3. The van der Waals surface area contributed by atoms with Gasteiger partial charge in [-0.2, -0.15) is 0 Å². The lowest BCUT2D eigenvalue weighted by atomic mass is 10.1. The van der Waals surface area contributed by atoms with Crippen molar-refractivity contribution in [3.05, 3.63) is 65.9 Å². The number of unbranched alkanes of at least 4 members (excludes halogenated alkanes) is 2. The van der Waals surface area contributed by atoms with Crippen molar-refractivity contribution in [3.8, 4) is 0 Å². The standard InChI is InChI=1S/C21H23NO3S/c1-3-4-5-10-21(23)20-15-17-8-6-7-9-19(17)22(20)26(24,25)18-13-11-16(2)12-14-18/h6-9,11-15H,3-5,10H2,1-2H3. The van der Waals surface area contributed by atoms with Gasteiger partial charge in [0.15, 0.2) is 5.78 Å². The zero-order chi connectivity index (χ0) is 18.7. The van der Waals surface area contributed by atoms with Crippen LogP contribution in [0.5, 0.6) is 0 Å². The first-order chi connectivity index (χ1) is 12.4. The van der Waals surface area contributed by atoms with Crippen molar-refractivity contribution >= 4 is 26.7 Å². The zero-order valence-corrected chi connectivity index (χ0v) is 15.9. The van der Waals surface area contributed by atoms with E-state index in [1.807, 2.05) is 19.1 Å². The lowest BCUT2D eigenvalue weighted by Gasteiger charge is -2.12. The number of carbonyl (C=O) groups is 1. The summed E-state index contributed by atoms with van der Waals surface area (Å²) in [7, 11) is -3.85. The van der Waals surface area contributed by atoms with Gasteiger partial charge < -0.3 is 0 Å². The maximum atomic E-state index is 13.3. The maximum Gasteiger partial charge on any atom is 0.268 e. The monoisotopic (exact) mass is 369 g/mol. The van der Waals surface area contributed by atoms with Gasteiger partial charge in [-0.3, -0.25) is 4.79 Å². The van der Waals surface area contributed by atoms with E-state index in [4.69, 9.17) is 0 Å². The Morgan fingerprint density at radius 2 is 1.69 bits per heavy atom. The Kier molecular flexibility index (Phi) is 5.28. The molecule has 5 heteroatoms. The van der Waals surface area contributed by atoms with Crippen molar-refractivity contribution < 1.29 is 13.2 Å². The van der Waals surface area contributed by atoms with E-state index in [9.17, 15) is 13.2 Å². The number of aryl methyl sites for hydroxylation is 1. The van der Waals surface area contributed by atoms with Crippen molar-refractivity contribution in [1.82, 2.24) is 3.97 Å². The largest absolute Gasteiger partial charge is 0.292 e. The molecule has 2 aromatic carbocycles. The number of hydrogen-bond donors (Lipinski definition) is 0. The van der Waals surface area contributed by atoms with E-state index in [2.05, 4.69) is 6.92 Å². The Bertz CT molecular complexity index is 1030. The van der Waals surface area contributed by atoms with Crippen LogP contribution in [0, 0.1) is 6.92 Å². The van der Waals surface area contributed by atoms with E-state index >= 15 is 0 Å². The highest BCUT2D eigenvalue weighted by Crippen LogP contribution is 2.27. The molecule has 4 nitrogen and oxygen atoms in total. The van der Waals surface area contributed by atoms with Crippen LogP contribution in [0.3, 0.4) is 0 Å². The number of rotatable bonds is 7. The number of carbonyl (C=O) groups excluding carboxylic acids is 1. The average molecular weight is 369 g/mol. The summed E-state index contributed by atoms with van der Waals surface area (Å²) >= 11 is 0. The van der Waals surface area contributed by atoms with Crippen LogP contribution < -0.4 is 0 Å². The number of hydrogen-bond acceptors (Lipinski definition) is 3. The predicted molar refractivity (Wildman–Crippen MR) is 104 cm³/mol. The van der Waals surface area contributed by atoms with Gasteiger partial charge in [0.25, 0.3) is 10.0 Å². The van der Waals surface area contributed by atoms with Gasteiger partial charge in [0.1, 0.15) is 5.69 Å². The summed E-state index contributed by atoms with van der Waals surface area (Å²) in [6.45, 7) is 3.98. The highest BCUT2D eigenvalue weighted by atomic mass is 32.2. The van der Waals surface area contributed by atoms with Gasteiger partial charge in [-0.1, -0.05) is 55.7 Å². The van der Waals surface area contributed by atoms with Gasteiger partial charge in [0.2, 0.25) is 0 Å². The van der Waals surface area contributed by atoms with E-state index < -0.39 is 10.0 Å². The minimum Gasteiger partial charge on any atom is -0.292 e. The smallest absolute Gasteiger partial charge is 0.268 e. The molecule has 1 aromatic heterocycles. The van der Waals surface area contributed by atoms with Crippen molar-refractivity contribution in [2.75, 3.05) is 0 Å². The molecule has 0 spiro atoms. The Morgan fingerprint density at radius 1 is 1.00 bits per heavy atom. The molecule has 3 aromatic rings. The molecule has 0 aliphatic carbocycles. The predicted octanol–water partition coefficient (Wildman–Crippen LogP) is 4.95. The number of fused-ring (bicyclic) bond motifs is 1. The Balaban J connectivity index is 2.15. The lowest BCUT2D eigenvalue weighted by Crippen LogP contribution is -2.18. The van der Waals surface area contributed by atoms with Crippen LogP contribution in [0.15, 0.2) is 59.5 Å². The summed E-state index contributed by atoms with van der Waals surface area (Å²) < 4.78 is 27.8. The van der Waals surface area contributed by atoms with E-state index in [1.54, 1.807) is 42.5 Å². The fraction of sp³-hybridized carbons (Fsp3) is 0.286. The summed E-state index contributed by atoms with van der Waals surface area (Å²) in [5, 5.41) is 0.752. The molecule has 0 aliphatic rings. The highest BCUT2D eigenvalue weighted by Gasteiger charge is 2.25. The van der Waals surface area contributed by atoms with Crippen molar-refractivity contribution in [1.29, 1.82) is 0 Å². The highest BCUT2D eigenvalue weighted by molar-refractivity contribution is 7.90. The first-order valence-electron chi connectivity index (χ1n) is 8.91. The molecule has 0 unspecified atom stereocenters. The van der Waals surface area contributed by atoms with Crippen LogP contribution in [0.4, 0.5) is 0 Å². The molecule has 0 saturated carbocycles. The fourth-order valence-electron chi connectivity index (χ4n) is 3.06. The van der Waals surface area contributed by atoms with Gasteiger partial charge in [0.05, 0.1) is 10.4 Å². The minimum absolute atomic E-state index is 0.134. The Hall–Kier alpha value is -2.40. The number of ketones is 1. The summed E-state index contributed by atoms with van der Waals surface area (Å²) in [6, 6.07) is 15.6. The summed E-state index contributed by atoms with van der Waals surface area (Å²) in [5.41, 5.74) is 1.76. The van der Waals surface area contributed by atoms with Gasteiger partial charge in [0, 0.05) is 11.8 Å². The van der Waals surface area contributed by atoms with E-state index in [0.717, 1.165) is 30.2 Å². The van der Waals surface area contributed by atoms with Crippen LogP contribution in [-0.2, 0) is 10.0 Å². The SMILES string of the molecule is CCCCCC(=O)c1cc2ccccc2n1S(=O)(=O)c1ccc(C)cc1. The molecule has 3 rings (SSSR count). The quantitative estimate of drug-likeness (QED) is 0.437. The number of benzene rings is 2. The summed E-state index contributed by atoms with van der Waals surface area (Å²) in [6.07, 6.45) is 3.09. The van der Waals surface area contributed by atoms with Crippen molar-refractivity contribution in [2.45, 2.75) is 44.4 Å². The van der Waals surface area contributed by atoms with Crippen LogP contribution in [-0.4, -0.2) is 18.2 Å². The number of Topliss-reactive ketones (excluding diaryl/α,β-unsaturated/α-hetero) is 1. The van der Waals surface area contributed by atoms with E-state index in [0.29, 0.717) is 11.9 Å². The molecular weight excluding hydrogens is 346 g/mol. The van der Waals surface area contributed by atoms with E-state index in [-0.39, 0.29) is 16.4 Å². The third kappa shape index (κ3) is 3.44. The van der Waals surface area contributed by atoms with Gasteiger partial charge >= 0.3 is 0 Å². The van der Waals surface area contributed by atoms with Crippen LogP contribution in [0.25, 0.3) is 10.9 Å². The first-order valence-corrected chi connectivity index (χ1v) is 10.3. The Morgan fingerprint density at radius 3 is 2.38 bits per heavy atom. The molecular formula is C21H23NO3S. The van der Waals surface area contributed by atoms with Crippen molar-refractivity contribution in [2.24, 2.45) is 0 Å². The molecule has 0 fully saturated rings. The molecule has 136 valence electrons. The molecule has 0 saturated heterocycles. The minimum atomic E-state index is -3.85. The van der Waals surface area contributed by atoms with Gasteiger partial charge in [-0.15, -0.1) is 0 Å². The molecule has 0 N–H and O–H groups in total. The van der Waals surface area contributed by atoms with Crippen LogP contribution >= 0.6 is 0 Å². The molecule has 0 amide bonds. The van der Waals surface area contributed by atoms with Crippen LogP contribution in [0.2, 0.25) is 0 Å². The number of aromatic nitrogens is 1. The number of nitrogens with zero attached hydrogens (tertiary/aromatic N) is 1. The molecule has 26 heavy (non-hydrogen) atoms. The molecule has 1 heterocycles. The Labute approximate surface area is 154 Å². The topological polar surface area (TPSA) is 56.1 Å². The lowest BCUT2D eigenvalue weighted by molar-refractivity contribution is 0.0974. The fourth-order valence-corrected chi connectivity index (χ4v) is 4.59. The normalized spacial score (nSPS) is 11.8. The summed E-state index contributed by atoms with van der Waals surface area (Å²) in [4.78, 5) is 12.9. The number of para-hydroxylation sites is 1. The second-order valence-corrected chi connectivity index (χ2v) is 8.34. The van der Waals surface area contributed by atoms with Gasteiger partial charge in [-0.25, -0.2) is 12.4 Å². The third-order valence-corrected chi connectivity index (χ3v) is 6.26. The van der Waals surface area contributed by atoms with E-state index in [1.165, 1.54) is 3.97 Å². The second kappa shape index (κ2) is 7.46. The van der Waals surface area contributed by atoms with Crippen LogP contribution in [0.1, 0.15) is 48.7 Å². The average Bonchev–Trinajstić information content (AvgIpc) is 3.02. The van der Waals surface area contributed by atoms with Gasteiger partial charge in [-0.05, 0) is 37.6 Å². The molecule has 0 aliphatic heterocycles. The second-order valence-electron chi connectivity index (χ2n) is 6.55. The zero-order valence-electron chi connectivity index (χ0n) is 15.1. The molecule has 0 bridgehead atoms. The molecule has 0 atom stereocenters. The first kappa shape index (κ1) is 18.4. The third-order valence-electron chi connectivity index (χ3n) is 4.52. The van der Waals surface area contributed by atoms with Crippen molar-refractivity contribution in [3.63, 3.8) is 0 Å². The molecule has 0 radical (unpaired) electrons. The summed E-state index contributed by atoms with van der Waals surface area (Å²) in [5.74, 6) is -0.134.